The van der Waals surface area contributed by atoms with Crippen molar-refractivity contribution in [3.8, 4) is 0 Å². The van der Waals surface area contributed by atoms with Crippen molar-refractivity contribution in [2.45, 2.75) is 148 Å². The van der Waals surface area contributed by atoms with Gasteiger partial charge >= 0.3 is 11.9 Å². The summed E-state index contributed by atoms with van der Waals surface area (Å²) in [5.74, 6) is -1.85. The normalized spacial score (nSPS) is 13.9. The molecule has 8 nitrogen and oxygen atoms in total. The molecule has 0 radical (unpaired) electrons. The number of carbonyl (C=O) groups excluding carboxylic acids is 3. The molecule has 0 saturated heterocycles. The van der Waals surface area contributed by atoms with Gasteiger partial charge in [-0.1, -0.05) is 130 Å². The standard InChI is InChI=1S/C48H77NO7/c1-6-8-10-12-14-16-18-19-20-21-22-23-24-25-26-27-29-31-33-35-37-39-47(51)56-44(42-54-41-40-45(48(52)53)49(3,4)5)43-55-46(50)38-36-34-32-30-28-17-15-13-11-9-7-2/h8,10,13-17,19-20,22-23,25-26,28-29,31,44-45H,6-7,9,11-12,18,21,24,27,30,32-43H2,1-5H3/b10-8+,15-13+,16-14+,20-19+,23-22+,26-25+,28-17+,31-29+. The van der Waals surface area contributed by atoms with E-state index in [1.165, 1.54) is 12.8 Å². The van der Waals surface area contributed by atoms with Crippen molar-refractivity contribution in [1.82, 2.24) is 0 Å². The van der Waals surface area contributed by atoms with E-state index in [1.54, 1.807) is 21.1 Å². The molecule has 0 saturated carbocycles. The maximum Gasteiger partial charge on any atom is 0.306 e. The fourth-order valence-electron chi connectivity index (χ4n) is 5.40. The van der Waals surface area contributed by atoms with Gasteiger partial charge in [0.15, 0.2) is 6.10 Å². The molecular weight excluding hydrogens is 703 g/mol. The summed E-state index contributed by atoms with van der Waals surface area (Å²) < 4.78 is 17.0. The lowest BCUT2D eigenvalue weighted by Crippen LogP contribution is -2.55. The number of carbonyl (C=O) groups is 3. The zero-order valence-electron chi connectivity index (χ0n) is 35.8. The molecule has 8 heteroatoms. The van der Waals surface area contributed by atoms with Gasteiger partial charge in [-0.15, -0.1) is 0 Å². The number of allylic oxidation sites excluding steroid dienone is 16. The third-order valence-corrected chi connectivity index (χ3v) is 8.73. The van der Waals surface area contributed by atoms with Crippen LogP contribution in [0.5, 0.6) is 0 Å². The third-order valence-electron chi connectivity index (χ3n) is 8.73. The molecule has 0 heterocycles. The van der Waals surface area contributed by atoms with Crippen molar-refractivity contribution < 1.29 is 38.2 Å². The van der Waals surface area contributed by atoms with Gasteiger partial charge in [-0.2, -0.15) is 0 Å². The minimum absolute atomic E-state index is 0.00763. The van der Waals surface area contributed by atoms with Crippen molar-refractivity contribution in [2.24, 2.45) is 0 Å². The number of carboxylic acid groups (broad SMARTS) is 1. The van der Waals surface area contributed by atoms with Crippen LogP contribution in [0.1, 0.15) is 136 Å². The summed E-state index contributed by atoms with van der Waals surface area (Å²) in [6, 6.07) is -0.743. The molecular formula is C48H77NO7. The second-order valence-electron chi connectivity index (χ2n) is 14.9. The van der Waals surface area contributed by atoms with E-state index in [0.29, 0.717) is 12.8 Å². The van der Waals surface area contributed by atoms with Gasteiger partial charge in [0.1, 0.15) is 12.6 Å². The summed E-state index contributed by atoms with van der Waals surface area (Å²) in [5, 5.41) is 11.6. The predicted molar refractivity (Wildman–Crippen MR) is 231 cm³/mol. The molecule has 0 rings (SSSR count). The van der Waals surface area contributed by atoms with Crippen LogP contribution in [-0.4, -0.2) is 75.5 Å². The first kappa shape index (κ1) is 52.2. The van der Waals surface area contributed by atoms with Crippen molar-refractivity contribution in [3.05, 3.63) is 97.2 Å². The highest BCUT2D eigenvalue weighted by atomic mass is 16.6. The molecule has 56 heavy (non-hydrogen) atoms. The number of unbranched alkanes of at least 4 members (excludes halogenated alkanes) is 7. The van der Waals surface area contributed by atoms with E-state index in [2.05, 4.69) is 111 Å². The van der Waals surface area contributed by atoms with E-state index >= 15 is 0 Å². The zero-order chi connectivity index (χ0) is 41.4. The number of rotatable bonds is 36. The summed E-state index contributed by atoms with van der Waals surface area (Å²) in [6.07, 6.45) is 50.1. The average Bonchev–Trinajstić information content (AvgIpc) is 3.15. The fraction of sp³-hybridized carbons (Fsp3) is 0.604. The van der Waals surface area contributed by atoms with Crippen molar-refractivity contribution in [2.75, 3.05) is 41.0 Å². The number of aliphatic carboxylic acids is 1. The topological polar surface area (TPSA) is 102 Å². The highest BCUT2D eigenvalue weighted by molar-refractivity contribution is 5.70. The lowest BCUT2D eigenvalue weighted by atomic mass is 10.1. The summed E-state index contributed by atoms with van der Waals surface area (Å²) in [7, 11) is 5.36. The number of hydrogen-bond acceptors (Lipinski definition) is 7. The first-order valence-corrected chi connectivity index (χ1v) is 21.3. The van der Waals surface area contributed by atoms with Gasteiger partial charge in [-0.25, -0.2) is 0 Å². The Morgan fingerprint density at radius 3 is 1.59 bits per heavy atom. The number of hydrogen-bond donors (Lipinski definition) is 0. The first-order chi connectivity index (χ1) is 27.1. The molecule has 2 atom stereocenters. The first-order valence-electron chi connectivity index (χ1n) is 21.3. The molecule has 0 bridgehead atoms. The quantitative estimate of drug-likeness (QED) is 0.0205. The Balaban J connectivity index is 4.49. The van der Waals surface area contributed by atoms with Crippen LogP contribution in [0.4, 0.5) is 0 Å². The van der Waals surface area contributed by atoms with Crippen LogP contribution >= 0.6 is 0 Å². The minimum atomic E-state index is -1.14. The number of ether oxygens (including phenoxy) is 3. The lowest BCUT2D eigenvalue weighted by Gasteiger charge is -2.34. The lowest BCUT2D eigenvalue weighted by molar-refractivity contribution is -0.889. The summed E-state index contributed by atoms with van der Waals surface area (Å²) in [6.45, 7) is 4.38. The Morgan fingerprint density at radius 2 is 1.05 bits per heavy atom. The van der Waals surface area contributed by atoms with Crippen LogP contribution in [0.2, 0.25) is 0 Å². The largest absolute Gasteiger partial charge is 0.544 e. The molecule has 0 fully saturated rings. The molecule has 0 spiro atoms. The highest BCUT2D eigenvalue weighted by Gasteiger charge is 2.25. The van der Waals surface area contributed by atoms with E-state index < -0.39 is 18.1 Å². The van der Waals surface area contributed by atoms with E-state index in [-0.39, 0.29) is 49.1 Å². The zero-order valence-corrected chi connectivity index (χ0v) is 35.8. The number of nitrogens with zero attached hydrogens (tertiary/aromatic N) is 1. The number of quaternary nitrogens is 1. The minimum Gasteiger partial charge on any atom is -0.544 e. The monoisotopic (exact) mass is 780 g/mol. The molecule has 316 valence electrons. The van der Waals surface area contributed by atoms with Gasteiger partial charge in [0, 0.05) is 19.3 Å². The Kier molecular flexibility index (Phi) is 35.6. The molecule has 0 aliphatic rings. The van der Waals surface area contributed by atoms with Crippen LogP contribution in [0.3, 0.4) is 0 Å². The van der Waals surface area contributed by atoms with Crippen LogP contribution in [0.25, 0.3) is 0 Å². The maximum absolute atomic E-state index is 12.7. The van der Waals surface area contributed by atoms with E-state index in [9.17, 15) is 19.5 Å². The van der Waals surface area contributed by atoms with Crippen molar-refractivity contribution in [3.63, 3.8) is 0 Å². The molecule has 2 unspecified atom stereocenters. The van der Waals surface area contributed by atoms with Crippen molar-refractivity contribution >= 4 is 17.9 Å². The van der Waals surface area contributed by atoms with E-state index in [4.69, 9.17) is 14.2 Å². The summed E-state index contributed by atoms with van der Waals surface area (Å²) >= 11 is 0. The van der Waals surface area contributed by atoms with Gasteiger partial charge in [0.05, 0.1) is 40.3 Å². The van der Waals surface area contributed by atoms with E-state index in [0.717, 1.165) is 83.5 Å². The van der Waals surface area contributed by atoms with E-state index in [1.807, 2.05) is 0 Å². The molecule has 0 aromatic rings. The Morgan fingerprint density at radius 1 is 0.571 bits per heavy atom. The van der Waals surface area contributed by atoms with Gasteiger partial charge in [0.25, 0.3) is 0 Å². The second kappa shape index (κ2) is 38.1. The molecule has 0 aromatic heterocycles. The number of likely N-dealkylation sites (N-methyl/N-ethyl adjacent to an activating group) is 1. The smallest absolute Gasteiger partial charge is 0.306 e. The van der Waals surface area contributed by atoms with Gasteiger partial charge in [-0.3, -0.25) is 9.59 Å². The number of carboxylic acids is 1. The Hall–Kier alpha value is -3.75. The highest BCUT2D eigenvalue weighted by Crippen LogP contribution is 2.11. The SMILES string of the molecule is CC/C=C/C/C=C/C/C=C/C/C=C/C/C=C/C/C=C/CCCCC(=O)OC(COCCC(C(=O)[O-])[N+](C)(C)C)COC(=O)CCCCC/C=C/C=C/CCCC. The van der Waals surface area contributed by atoms with Crippen molar-refractivity contribution in [1.29, 1.82) is 0 Å². The average molecular weight is 780 g/mol. The second-order valence-corrected chi connectivity index (χ2v) is 14.9. The molecule has 0 aromatic carbocycles. The van der Waals surface area contributed by atoms with Gasteiger partial charge in [-0.05, 0) is 83.5 Å². The van der Waals surface area contributed by atoms with Crippen LogP contribution in [0, 0.1) is 0 Å². The predicted octanol–water partition coefficient (Wildman–Crippen LogP) is 10.2. The van der Waals surface area contributed by atoms with Gasteiger partial charge < -0.3 is 28.6 Å². The van der Waals surface area contributed by atoms with Crippen LogP contribution < -0.4 is 5.11 Å². The number of esters is 2. The summed E-state index contributed by atoms with van der Waals surface area (Å²) in [4.78, 5) is 36.7. The Bertz CT molecular complexity index is 1230. The van der Waals surface area contributed by atoms with Gasteiger partial charge in [0.2, 0.25) is 0 Å². The molecule has 0 N–H and O–H groups in total. The fourth-order valence-corrected chi connectivity index (χ4v) is 5.40. The van der Waals surface area contributed by atoms with Crippen LogP contribution in [-0.2, 0) is 28.6 Å². The summed E-state index contributed by atoms with van der Waals surface area (Å²) in [5.41, 5.74) is 0. The Labute approximate surface area is 341 Å². The van der Waals surface area contributed by atoms with Crippen LogP contribution in [0.15, 0.2) is 97.2 Å². The molecule has 0 aliphatic heterocycles. The third kappa shape index (κ3) is 35.9. The molecule has 0 aliphatic carbocycles. The molecule has 0 amide bonds. The maximum atomic E-state index is 12.7.